The van der Waals surface area contributed by atoms with Gasteiger partial charge >= 0.3 is 0 Å². The summed E-state index contributed by atoms with van der Waals surface area (Å²) >= 11 is 0. The number of ether oxygens (including phenoxy) is 2. The summed E-state index contributed by atoms with van der Waals surface area (Å²) in [5, 5.41) is 6.71. The van der Waals surface area contributed by atoms with E-state index >= 15 is 0 Å². The highest BCUT2D eigenvalue weighted by Gasteiger charge is 2.34. The van der Waals surface area contributed by atoms with Gasteiger partial charge < -0.3 is 20.1 Å². The van der Waals surface area contributed by atoms with Crippen LogP contribution in [0.25, 0.3) is 0 Å². The molecule has 2 aliphatic rings. The minimum Gasteiger partial charge on any atom is -0.491 e. The monoisotopic (exact) mass is 346 g/mol. The Kier molecular flexibility index (Phi) is 6.32. The molecule has 2 N–H and O–H groups in total. The van der Waals surface area contributed by atoms with Crippen LogP contribution in [0.4, 0.5) is 0 Å². The molecule has 2 heterocycles. The number of rotatable bonds is 8. The van der Waals surface area contributed by atoms with Gasteiger partial charge in [-0.1, -0.05) is 12.1 Å². The van der Waals surface area contributed by atoms with E-state index in [4.69, 9.17) is 9.47 Å². The first-order valence-corrected chi connectivity index (χ1v) is 9.38. The SMILES string of the molecule is COCCOc1cc(C)ccc1CNC(=O)CC1CC2CCC(C1)N2. The second kappa shape index (κ2) is 8.68. The van der Waals surface area contributed by atoms with Crippen molar-refractivity contribution in [3.63, 3.8) is 0 Å². The molecule has 2 fully saturated rings. The fourth-order valence-electron chi connectivity index (χ4n) is 4.05. The average molecular weight is 346 g/mol. The molecule has 0 aromatic heterocycles. The number of benzene rings is 1. The summed E-state index contributed by atoms with van der Waals surface area (Å²) in [6, 6.07) is 7.36. The van der Waals surface area contributed by atoms with Crippen LogP contribution in [0.5, 0.6) is 5.75 Å². The third-order valence-corrected chi connectivity index (χ3v) is 5.29. The van der Waals surface area contributed by atoms with Gasteiger partial charge in [-0.2, -0.15) is 0 Å². The maximum atomic E-state index is 12.4. The topological polar surface area (TPSA) is 59.6 Å². The fraction of sp³-hybridized carbons (Fsp3) is 0.650. The van der Waals surface area contributed by atoms with E-state index < -0.39 is 0 Å². The molecule has 5 heteroatoms. The van der Waals surface area contributed by atoms with Crippen molar-refractivity contribution in [2.45, 2.75) is 57.7 Å². The van der Waals surface area contributed by atoms with Crippen LogP contribution in [0.15, 0.2) is 18.2 Å². The van der Waals surface area contributed by atoms with E-state index in [1.807, 2.05) is 19.1 Å². The molecule has 138 valence electrons. The predicted molar refractivity (Wildman–Crippen MR) is 97.7 cm³/mol. The molecular weight excluding hydrogens is 316 g/mol. The molecule has 3 rings (SSSR count). The van der Waals surface area contributed by atoms with Crippen LogP contribution in [0.3, 0.4) is 0 Å². The van der Waals surface area contributed by atoms with Crippen molar-refractivity contribution in [2.24, 2.45) is 5.92 Å². The molecule has 2 unspecified atom stereocenters. The van der Waals surface area contributed by atoms with Crippen LogP contribution >= 0.6 is 0 Å². The van der Waals surface area contributed by atoms with E-state index in [0.29, 0.717) is 44.2 Å². The summed E-state index contributed by atoms with van der Waals surface area (Å²) < 4.78 is 10.8. The van der Waals surface area contributed by atoms with Crippen LogP contribution in [0, 0.1) is 12.8 Å². The smallest absolute Gasteiger partial charge is 0.220 e. The van der Waals surface area contributed by atoms with Gasteiger partial charge in [0.05, 0.1) is 6.61 Å². The summed E-state index contributed by atoms with van der Waals surface area (Å²) in [6.45, 7) is 3.62. The zero-order chi connectivity index (χ0) is 17.6. The molecule has 2 saturated heterocycles. The fourth-order valence-corrected chi connectivity index (χ4v) is 4.05. The number of carbonyl (C=O) groups excluding carboxylic acids is 1. The van der Waals surface area contributed by atoms with Crippen LogP contribution in [0.2, 0.25) is 0 Å². The summed E-state index contributed by atoms with van der Waals surface area (Å²) in [4.78, 5) is 12.4. The summed E-state index contributed by atoms with van der Waals surface area (Å²) in [6.07, 6.45) is 5.46. The summed E-state index contributed by atoms with van der Waals surface area (Å²) in [5.41, 5.74) is 2.16. The number of amides is 1. The lowest BCUT2D eigenvalue weighted by atomic mass is 9.89. The molecule has 2 bridgehead atoms. The van der Waals surface area contributed by atoms with Gasteiger partial charge in [-0.15, -0.1) is 0 Å². The highest BCUT2D eigenvalue weighted by Crippen LogP contribution is 2.32. The molecule has 0 spiro atoms. The van der Waals surface area contributed by atoms with Crippen molar-refractivity contribution in [3.8, 4) is 5.75 Å². The average Bonchev–Trinajstić information content (AvgIpc) is 2.93. The van der Waals surface area contributed by atoms with Crippen LogP contribution in [0.1, 0.15) is 43.2 Å². The molecule has 1 aromatic rings. The quantitative estimate of drug-likeness (QED) is 0.710. The van der Waals surface area contributed by atoms with E-state index in [1.54, 1.807) is 7.11 Å². The number of carbonyl (C=O) groups is 1. The third kappa shape index (κ3) is 5.19. The predicted octanol–water partition coefficient (Wildman–Crippen LogP) is 2.56. The number of nitrogens with one attached hydrogen (secondary N) is 2. The Morgan fingerprint density at radius 2 is 2.00 bits per heavy atom. The zero-order valence-corrected chi connectivity index (χ0v) is 15.3. The van der Waals surface area contributed by atoms with E-state index in [-0.39, 0.29) is 5.91 Å². The lowest BCUT2D eigenvalue weighted by Crippen LogP contribution is -2.39. The van der Waals surface area contributed by atoms with Gasteiger partial charge in [0, 0.05) is 37.7 Å². The van der Waals surface area contributed by atoms with Crippen LogP contribution in [-0.2, 0) is 16.1 Å². The third-order valence-electron chi connectivity index (χ3n) is 5.29. The van der Waals surface area contributed by atoms with E-state index in [1.165, 1.54) is 12.8 Å². The molecule has 2 aliphatic heterocycles. The number of methoxy groups -OCH3 is 1. The minimum absolute atomic E-state index is 0.148. The highest BCUT2D eigenvalue weighted by molar-refractivity contribution is 5.76. The first kappa shape index (κ1) is 18.2. The van der Waals surface area contributed by atoms with Crippen molar-refractivity contribution in [1.82, 2.24) is 10.6 Å². The van der Waals surface area contributed by atoms with E-state index in [9.17, 15) is 4.79 Å². The Balaban J connectivity index is 1.49. The second-order valence-corrected chi connectivity index (χ2v) is 7.41. The van der Waals surface area contributed by atoms with Crippen molar-refractivity contribution >= 4 is 5.91 Å². The molecule has 0 radical (unpaired) electrons. The number of hydrogen-bond donors (Lipinski definition) is 2. The normalized spacial score (nSPS) is 25.0. The Morgan fingerprint density at radius 1 is 1.24 bits per heavy atom. The molecule has 0 saturated carbocycles. The largest absolute Gasteiger partial charge is 0.491 e. The van der Waals surface area contributed by atoms with Gasteiger partial charge in [-0.25, -0.2) is 0 Å². The number of hydrogen-bond acceptors (Lipinski definition) is 4. The molecule has 0 aliphatic carbocycles. The molecule has 1 amide bonds. The van der Waals surface area contributed by atoms with Gasteiger partial charge in [0.2, 0.25) is 5.91 Å². The number of piperidine rings is 1. The van der Waals surface area contributed by atoms with Crippen LogP contribution in [-0.4, -0.2) is 38.3 Å². The molecule has 2 atom stereocenters. The maximum absolute atomic E-state index is 12.4. The molecule has 5 nitrogen and oxygen atoms in total. The summed E-state index contributed by atoms with van der Waals surface area (Å²) in [7, 11) is 1.66. The Bertz CT molecular complexity index is 578. The van der Waals surface area contributed by atoms with Crippen molar-refractivity contribution in [1.29, 1.82) is 0 Å². The standard InChI is InChI=1S/C20H30N2O3/c1-14-3-4-16(19(9-14)25-8-7-24-2)13-21-20(23)12-15-10-17-5-6-18(11-15)22-17/h3-4,9,15,17-18,22H,5-8,10-13H2,1-2H3,(H,21,23). The number of aryl methyl sites for hydroxylation is 1. The van der Waals surface area contributed by atoms with Gasteiger partial charge in [0.15, 0.2) is 0 Å². The first-order chi connectivity index (χ1) is 12.1. The maximum Gasteiger partial charge on any atom is 0.220 e. The Morgan fingerprint density at radius 3 is 2.72 bits per heavy atom. The van der Waals surface area contributed by atoms with Gasteiger partial charge in [-0.3, -0.25) is 4.79 Å². The molecular formula is C20H30N2O3. The van der Waals surface area contributed by atoms with E-state index in [2.05, 4.69) is 16.7 Å². The lowest BCUT2D eigenvalue weighted by molar-refractivity contribution is -0.122. The van der Waals surface area contributed by atoms with Crippen LogP contribution < -0.4 is 15.4 Å². The number of fused-ring (bicyclic) bond motifs is 2. The van der Waals surface area contributed by atoms with Crippen molar-refractivity contribution in [3.05, 3.63) is 29.3 Å². The lowest BCUT2D eigenvalue weighted by Gasteiger charge is -2.28. The summed E-state index contributed by atoms with van der Waals surface area (Å²) in [5.74, 6) is 1.50. The van der Waals surface area contributed by atoms with Gasteiger partial charge in [-0.05, 0) is 50.2 Å². The second-order valence-electron chi connectivity index (χ2n) is 7.41. The molecule has 1 aromatic carbocycles. The van der Waals surface area contributed by atoms with Gasteiger partial charge in [0.25, 0.3) is 0 Å². The molecule has 25 heavy (non-hydrogen) atoms. The van der Waals surface area contributed by atoms with E-state index in [0.717, 1.165) is 29.7 Å². The first-order valence-electron chi connectivity index (χ1n) is 9.38. The zero-order valence-electron chi connectivity index (χ0n) is 15.3. The minimum atomic E-state index is 0.148. The van der Waals surface area contributed by atoms with Crippen molar-refractivity contribution < 1.29 is 14.3 Å². The van der Waals surface area contributed by atoms with Crippen molar-refractivity contribution in [2.75, 3.05) is 20.3 Å². The Hall–Kier alpha value is -1.59. The highest BCUT2D eigenvalue weighted by atomic mass is 16.5. The van der Waals surface area contributed by atoms with Gasteiger partial charge in [0.1, 0.15) is 12.4 Å². The Labute approximate surface area is 150 Å².